The van der Waals surface area contributed by atoms with E-state index < -0.39 is 23.6 Å². The first-order chi connectivity index (χ1) is 9.88. The molecule has 2 rings (SSSR count). The molecule has 2 N–H and O–H groups in total. The Bertz CT molecular complexity index is 613. The zero-order valence-electron chi connectivity index (χ0n) is 10.9. The fraction of sp³-hybridized carbons (Fsp3) is 0.200. The van der Waals surface area contributed by atoms with E-state index in [1.54, 1.807) is 6.07 Å². The molecular formula is C15H13F4NO. The summed E-state index contributed by atoms with van der Waals surface area (Å²) in [6.07, 6.45) is -4.44. The third kappa shape index (κ3) is 3.95. The number of halogens is 4. The van der Waals surface area contributed by atoms with E-state index in [4.69, 9.17) is 10.5 Å². The molecule has 0 amide bonds. The molecule has 0 aliphatic carbocycles. The maximum Gasteiger partial charge on any atom is 0.416 e. The van der Waals surface area contributed by atoms with Gasteiger partial charge in [0.15, 0.2) is 0 Å². The zero-order chi connectivity index (χ0) is 15.5. The van der Waals surface area contributed by atoms with Gasteiger partial charge in [0.25, 0.3) is 0 Å². The van der Waals surface area contributed by atoms with Crippen LogP contribution in [0.25, 0.3) is 0 Å². The molecule has 2 nitrogen and oxygen atoms in total. The molecule has 1 atom stereocenters. The van der Waals surface area contributed by atoms with Crippen LogP contribution in [-0.2, 0) is 6.18 Å². The summed E-state index contributed by atoms with van der Waals surface area (Å²) in [7, 11) is 0. The molecular weight excluding hydrogens is 286 g/mol. The van der Waals surface area contributed by atoms with Crippen molar-refractivity contribution in [2.75, 3.05) is 6.61 Å². The molecule has 0 aliphatic heterocycles. The predicted molar refractivity (Wildman–Crippen MR) is 70.3 cm³/mol. The Labute approximate surface area is 119 Å². The van der Waals surface area contributed by atoms with Crippen LogP contribution in [0.5, 0.6) is 5.75 Å². The molecule has 2 aromatic carbocycles. The summed E-state index contributed by atoms with van der Waals surface area (Å²) in [6.45, 7) is -0.123. The normalized spacial score (nSPS) is 13.0. The Morgan fingerprint density at radius 3 is 2.43 bits per heavy atom. The van der Waals surface area contributed by atoms with Crippen molar-refractivity contribution in [1.29, 1.82) is 0 Å². The van der Waals surface area contributed by atoms with Crippen LogP contribution in [-0.4, -0.2) is 6.61 Å². The summed E-state index contributed by atoms with van der Waals surface area (Å²) < 4.78 is 56.4. The molecule has 0 aliphatic rings. The predicted octanol–water partition coefficient (Wildman–Crippen LogP) is 3.92. The van der Waals surface area contributed by atoms with Gasteiger partial charge in [0.05, 0.1) is 11.6 Å². The van der Waals surface area contributed by atoms with E-state index in [2.05, 4.69) is 0 Å². The van der Waals surface area contributed by atoms with Crippen LogP contribution in [0.4, 0.5) is 17.6 Å². The van der Waals surface area contributed by atoms with Gasteiger partial charge in [0.1, 0.15) is 18.2 Å². The second-order valence-corrected chi connectivity index (χ2v) is 4.46. The summed E-state index contributed by atoms with van der Waals surface area (Å²) in [6, 6.07) is 9.63. The summed E-state index contributed by atoms with van der Waals surface area (Å²) in [4.78, 5) is 0. The van der Waals surface area contributed by atoms with Gasteiger partial charge in [-0.05, 0) is 24.3 Å². The third-order valence-corrected chi connectivity index (χ3v) is 2.90. The van der Waals surface area contributed by atoms with E-state index in [1.165, 1.54) is 30.3 Å². The minimum absolute atomic E-state index is 0.0385. The second-order valence-electron chi connectivity index (χ2n) is 4.46. The second kappa shape index (κ2) is 6.13. The lowest BCUT2D eigenvalue weighted by atomic mass is 10.1. The number of benzene rings is 2. The first-order valence-corrected chi connectivity index (χ1v) is 6.18. The summed E-state index contributed by atoms with van der Waals surface area (Å²) in [5, 5.41) is 0. The van der Waals surface area contributed by atoms with Crippen LogP contribution in [0.15, 0.2) is 48.5 Å². The molecule has 0 fully saturated rings. The van der Waals surface area contributed by atoms with Gasteiger partial charge in [-0.25, -0.2) is 4.39 Å². The van der Waals surface area contributed by atoms with Crippen LogP contribution in [0.1, 0.15) is 17.2 Å². The van der Waals surface area contributed by atoms with E-state index in [0.717, 1.165) is 12.1 Å². The highest BCUT2D eigenvalue weighted by Gasteiger charge is 2.30. The van der Waals surface area contributed by atoms with E-state index in [0.29, 0.717) is 0 Å². The van der Waals surface area contributed by atoms with Crippen molar-refractivity contribution in [1.82, 2.24) is 0 Å². The SMILES string of the molecule is NC(COc1cccc(C(F)(F)F)c1)c1ccccc1F. The molecule has 0 aromatic heterocycles. The average molecular weight is 299 g/mol. The zero-order valence-corrected chi connectivity index (χ0v) is 10.9. The Kier molecular flexibility index (Phi) is 4.47. The first kappa shape index (κ1) is 15.3. The van der Waals surface area contributed by atoms with Crippen LogP contribution in [0, 0.1) is 5.82 Å². The number of hydrogen-bond acceptors (Lipinski definition) is 2. The molecule has 21 heavy (non-hydrogen) atoms. The molecule has 0 spiro atoms. The third-order valence-electron chi connectivity index (χ3n) is 2.90. The monoisotopic (exact) mass is 299 g/mol. The summed E-state index contributed by atoms with van der Waals surface area (Å²) >= 11 is 0. The summed E-state index contributed by atoms with van der Waals surface area (Å²) in [5.74, 6) is -0.436. The fourth-order valence-electron chi connectivity index (χ4n) is 1.81. The Morgan fingerprint density at radius 1 is 1.05 bits per heavy atom. The minimum Gasteiger partial charge on any atom is -0.492 e. The highest BCUT2D eigenvalue weighted by molar-refractivity contribution is 5.30. The van der Waals surface area contributed by atoms with E-state index in [-0.39, 0.29) is 17.9 Å². The highest BCUT2D eigenvalue weighted by Crippen LogP contribution is 2.31. The van der Waals surface area contributed by atoms with Gasteiger partial charge < -0.3 is 10.5 Å². The number of hydrogen-bond donors (Lipinski definition) is 1. The number of nitrogens with two attached hydrogens (primary N) is 1. The first-order valence-electron chi connectivity index (χ1n) is 6.18. The minimum atomic E-state index is -4.44. The summed E-state index contributed by atoms with van der Waals surface area (Å²) in [5.41, 5.74) is 5.23. The maximum atomic E-state index is 13.5. The quantitative estimate of drug-likeness (QED) is 0.868. The molecule has 1 unspecified atom stereocenters. The van der Waals surface area contributed by atoms with Gasteiger partial charge in [-0.2, -0.15) is 13.2 Å². The topological polar surface area (TPSA) is 35.2 Å². The van der Waals surface area contributed by atoms with E-state index >= 15 is 0 Å². The largest absolute Gasteiger partial charge is 0.492 e. The van der Waals surface area contributed by atoms with Crippen molar-refractivity contribution in [3.8, 4) is 5.75 Å². The molecule has 0 saturated heterocycles. The van der Waals surface area contributed by atoms with Crippen LogP contribution >= 0.6 is 0 Å². The standard InChI is InChI=1S/C15H13F4NO/c16-13-7-2-1-6-12(13)14(20)9-21-11-5-3-4-10(8-11)15(17,18)19/h1-8,14H,9,20H2. The fourth-order valence-corrected chi connectivity index (χ4v) is 1.81. The molecule has 0 bridgehead atoms. The molecule has 0 radical (unpaired) electrons. The molecule has 112 valence electrons. The van der Waals surface area contributed by atoms with Gasteiger partial charge in [-0.1, -0.05) is 24.3 Å². The van der Waals surface area contributed by atoms with Crippen LogP contribution in [0.2, 0.25) is 0 Å². The lowest BCUT2D eigenvalue weighted by molar-refractivity contribution is -0.137. The van der Waals surface area contributed by atoms with Gasteiger partial charge in [-0.3, -0.25) is 0 Å². The molecule has 2 aromatic rings. The van der Waals surface area contributed by atoms with Gasteiger partial charge in [-0.15, -0.1) is 0 Å². The Balaban J connectivity index is 2.05. The van der Waals surface area contributed by atoms with Gasteiger partial charge in [0, 0.05) is 5.56 Å². The van der Waals surface area contributed by atoms with Crippen LogP contribution in [0.3, 0.4) is 0 Å². The van der Waals surface area contributed by atoms with Crippen molar-refractivity contribution in [3.05, 3.63) is 65.5 Å². The van der Waals surface area contributed by atoms with Gasteiger partial charge >= 0.3 is 6.18 Å². The maximum absolute atomic E-state index is 13.5. The number of rotatable bonds is 4. The van der Waals surface area contributed by atoms with Gasteiger partial charge in [0.2, 0.25) is 0 Å². The van der Waals surface area contributed by atoms with Crippen molar-refractivity contribution in [2.24, 2.45) is 5.73 Å². The number of alkyl halides is 3. The van der Waals surface area contributed by atoms with E-state index in [1.807, 2.05) is 0 Å². The highest BCUT2D eigenvalue weighted by atomic mass is 19.4. The smallest absolute Gasteiger partial charge is 0.416 e. The van der Waals surface area contributed by atoms with Crippen LogP contribution < -0.4 is 10.5 Å². The Morgan fingerprint density at radius 2 is 1.76 bits per heavy atom. The van der Waals surface area contributed by atoms with Crippen molar-refractivity contribution < 1.29 is 22.3 Å². The van der Waals surface area contributed by atoms with Crippen molar-refractivity contribution in [2.45, 2.75) is 12.2 Å². The molecule has 0 saturated carbocycles. The van der Waals surface area contributed by atoms with Crippen molar-refractivity contribution in [3.63, 3.8) is 0 Å². The molecule has 6 heteroatoms. The lowest BCUT2D eigenvalue weighted by Gasteiger charge is -2.15. The molecule has 0 heterocycles. The Hall–Kier alpha value is -2.08. The van der Waals surface area contributed by atoms with Crippen molar-refractivity contribution >= 4 is 0 Å². The average Bonchev–Trinajstić information content (AvgIpc) is 2.45. The number of ether oxygens (including phenoxy) is 1. The lowest BCUT2D eigenvalue weighted by Crippen LogP contribution is -2.20. The van der Waals surface area contributed by atoms with E-state index in [9.17, 15) is 17.6 Å².